The molecule has 0 aliphatic carbocycles. The number of anilines is 1. The summed E-state index contributed by atoms with van der Waals surface area (Å²) in [6.07, 6.45) is 4.24. The van der Waals surface area contributed by atoms with Crippen molar-refractivity contribution in [1.29, 1.82) is 0 Å². The van der Waals surface area contributed by atoms with Gasteiger partial charge in [0, 0.05) is 30.7 Å². The van der Waals surface area contributed by atoms with Crippen molar-refractivity contribution < 1.29 is 18.7 Å². The first-order chi connectivity index (χ1) is 17.4. The maximum atomic E-state index is 13.6. The van der Waals surface area contributed by atoms with E-state index in [-0.39, 0.29) is 19.0 Å². The smallest absolute Gasteiger partial charge is 0.228 e. The third kappa shape index (κ3) is 4.92. The number of carbonyl (C=O) groups is 1. The molecule has 1 saturated heterocycles. The van der Waals surface area contributed by atoms with Crippen molar-refractivity contribution in [3.8, 4) is 22.6 Å². The summed E-state index contributed by atoms with van der Waals surface area (Å²) in [5.41, 5.74) is 7.96. The van der Waals surface area contributed by atoms with Crippen LogP contribution in [-0.4, -0.2) is 44.0 Å². The van der Waals surface area contributed by atoms with E-state index in [2.05, 4.69) is 25.3 Å². The van der Waals surface area contributed by atoms with E-state index < -0.39 is 17.6 Å². The quantitative estimate of drug-likeness (QED) is 0.359. The second-order valence-electron chi connectivity index (χ2n) is 8.71. The average molecular weight is 490 g/mol. The molecule has 1 aliphatic heterocycles. The number of aromatic nitrogens is 5. The number of imidazole rings is 1. The normalized spacial score (nSPS) is 19.7. The van der Waals surface area contributed by atoms with E-state index in [1.165, 1.54) is 12.1 Å². The van der Waals surface area contributed by atoms with Crippen LogP contribution in [0.3, 0.4) is 0 Å². The lowest BCUT2D eigenvalue weighted by molar-refractivity contribution is -0.230. The Morgan fingerprint density at radius 1 is 1.11 bits per heavy atom. The van der Waals surface area contributed by atoms with Crippen LogP contribution in [0.15, 0.2) is 61.1 Å². The average Bonchev–Trinajstić information content (AvgIpc) is 3.34. The first-order valence-electron chi connectivity index (χ1n) is 11.3. The van der Waals surface area contributed by atoms with Crippen molar-refractivity contribution >= 4 is 11.9 Å². The third-order valence-corrected chi connectivity index (χ3v) is 5.88. The maximum absolute atomic E-state index is 13.6. The summed E-state index contributed by atoms with van der Waals surface area (Å²) < 4.78 is 25.2. The van der Waals surface area contributed by atoms with Gasteiger partial charge >= 0.3 is 0 Å². The van der Waals surface area contributed by atoms with Crippen molar-refractivity contribution in [3.63, 3.8) is 0 Å². The van der Waals surface area contributed by atoms with Crippen molar-refractivity contribution in [3.05, 3.63) is 78.3 Å². The zero-order valence-electron chi connectivity index (χ0n) is 19.4. The lowest BCUT2D eigenvalue weighted by atomic mass is 9.91. The minimum Gasteiger partial charge on any atom is -0.369 e. The number of halogens is 1. The molecule has 3 aromatic heterocycles. The van der Waals surface area contributed by atoms with Gasteiger partial charge in [-0.1, -0.05) is 0 Å². The molecule has 11 heteroatoms. The molecule has 0 bridgehead atoms. The van der Waals surface area contributed by atoms with Gasteiger partial charge in [-0.15, -0.1) is 0 Å². The molecule has 10 nitrogen and oxygen atoms in total. The van der Waals surface area contributed by atoms with Crippen LogP contribution in [0.5, 0.6) is 0 Å². The summed E-state index contributed by atoms with van der Waals surface area (Å²) >= 11 is 0. The summed E-state index contributed by atoms with van der Waals surface area (Å²) in [6, 6.07) is 11.5. The summed E-state index contributed by atoms with van der Waals surface area (Å²) in [4.78, 5) is 32.6. The highest BCUT2D eigenvalue weighted by Gasteiger charge is 2.39. The molecule has 0 unspecified atom stereocenters. The van der Waals surface area contributed by atoms with E-state index in [0.717, 1.165) is 5.56 Å². The fraction of sp³-hybridized carbons (Fsp3) is 0.240. The highest BCUT2D eigenvalue weighted by atomic mass is 19.1. The van der Waals surface area contributed by atoms with Crippen LogP contribution in [0, 0.1) is 11.2 Å². The topological polar surface area (TPSA) is 141 Å². The molecule has 1 amide bonds. The van der Waals surface area contributed by atoms with E-state index in [1.807, 2.05) is 12.1 Å². The van der Waals surface area contributed by atoms with Crippen molar-refractivity contribution in [2.24, 2.45) is 11.1 Å². The maximum Gasteiger partial charge on any atom is 0.228 e. The zero-order chi connectivity index (χ0) is 25.1. The van der Waals surface area contributed by atoms with Crippen LogP contribution < -0.4 is 11.1 Å². The number of ether oxygens (including phenoxy) is 2. The number of nitrogens with one attached hydrogen (secondary N) is 2. The Kier molecular flexibility index (Phi) is 6.40. The largest absolute Gasteiger partial charge is 0.369 e. The number of aromatic amines is 1. The highest BCUT2D eigenvalue weighted by molar-refractivity contribution is 5.81. The fourth-order valence-corrected chi connectivity index (χ4v) is 3.68. The molecule has 1 aromatic carbocycles. The zero-order valence-corrected chi connectivity index (χ0v) is 19.4. The second kappa shape index (κ2) is 9.80. The Morgan fingerprint density at radius 2 is 1.83 bits per heavy atom. The van der Waals surface area contributed by atoms with Gasteiger partial charge in [0.25, 0.3) is 0 Å². The van der Waals surface area contributed by atoms with Gasteiger partial charge in [0.05, 0.1) is 35.7 Å². The number of rotatable bonds is 7. The molecule has 5 rings (SSSR count). The Labute approximate surface area is 206 Å². The monoisotopic (exact) mass is 489 g/mol. The molecule has 1 aliphatic rings. The Hall–Kier alpha value is -4.22. The first-order valence-corrected chi connectivity index (χ1v) is 11.3. The Morgan fingerprint density at radius 3 is 2.53 bits per heavy atom. The summed E-state index contributed by atoms with van der Waals surface area (Å²) in [5.74, 6) is -0.0418. The minimum atomic E-state index is -0.923. The first kappa shape index (κ1) is 23.5. The van der Waals surface area contributed by atoms with Gasteiger partial charge in [-0.3, -0.25) is 9.78 Å². The SMILES string of the molecule is CC1(C(N)=O)COC(c2nc(-c3ccc(F)cc3)c(-c3ccnc(NCc4ccncc4)n3)[nH]2)OC1. The number of hydrogen-bond acceptors (Lipinski definition) is 8. The van der Waals surface area contributed by atoms with Gasteiger partial charge in [0.2, 0.25) is 18.1 Å². The van der Waals surface area contributed by atoms with Crippen LogP contribution >= 0.6 is 0 Å². The number of nitrogens with two attached hydrogens (primary N) is 1. The van der Waals surface area contributed by atoms with E-state index >= 15 is 0 Å². The number of H-pyrrole nitrogens is 1. The van der Waals surface area contributed by atoms with Gasteiger partial charge in [-0.2, -0.15) is 0 Å². The van der Waals surface area contributed by atoms with Crippen LogP contribution in [0.2, 0.25) is 0 Å². The summed E-state index contributed by atoms with van der Waals surface area (Å²) in [6.45, 7) is 2.38. The molecular formula is C25H24FN7O3. The van der Waals surface area contributed by atoms with E-state index in [4.69, 9.17) is 20.2 Å². The number of benzene rings is 1. The fourth-order valence-electron chi connectivity index (χ4n) is 3.68. The molecular weight excluding hydrogens is 465 g/mol. The van der Waals surface area contributed by atoms with Gasteiger partial charge in [-0.05, 0) is 55.0 Å². The highest BCUT2D eigenvalue weighted by Crippen LogP contribution is 2.35. The van der Waals surface area contributed by atoms with E-state index in [1.54, 1.807) is 43.7 Å². The minimum absolute atomic E-state index is 0.0888. The Balaban J connectivity index is 1.46. The van der Waals surface area contributed by atoms with Crippen LogP contribution in [0.4, 0.5) is 10.3 Å². The summed E-state index contributed by atoms with van der Waals surface area (Å²) in [7, 11) is 0. The lowest BCUT2D eigenvalue weighted by Gasteiger charge is -2.34. The van der Waals surface area contributed by atoms with E-state index in [0.29, 0.717) is 41.0 Å². The standard InChI is InChI=1S/C25H24FN7O3/c1-25(23(27)34)13-35-22(36-14-25)21-32-19(16-2-4-17(26)5-3-16)20(33-21)18-8-11-29-24(31-18)30-12-15-6-9-28-10-7-15/h2-11,22H,12-14H2,1H3,(H2,27,34)(H,32,33)(H,29,30,31). The van der Waals surface area contributed by atoms with Crippen molar-refractivity contribution in [1.82, 2.24) is 24.9 Å². The molecule has 4 N–H and O–H groups in total. The molecule has 4 heterocycles. The van der Waals surface area contributed by atoms with Gasteiger partial charge in [0.15, 0.2) is 5.82 Å². The van der Waals surface area contributed by atoms with Crippen LogP contribution in [0.25, 0.3) is 22.6 Å². The predicted octanol–water partition coefficient (Wildman–Crippen LogP) is 3.22. The van der Waals surface area contributed by atoms with Gasteiger partial charge in [-0.25, -0.2) is 19.3 Å². The number of amides is 1. The number of pyridine rings is 1. The molecule has 36 heavy (non-hydrogen) atoms. The molecule has 4 aromatic rings. The van der Waals surface area contributed by atoms with E-state index in [9.17, 15) is 9.18 Å². The van der Waals surface area contributed by atoms with Crippen molar-refractivity contribution in [2.45, 2.75) is 19.8 Å². The predicted molar refractivity (Wildman–Crippen MR) is 129 cm³/mol. The van der Waals surface area contributed by atoms with Crippen LogP contribution in [0.1, 0.15) is 24.6 Å². The molecule has 1 fully saturated rings. The van der Waals surface area contributed by atoms with Gasteiger partial charge < -0.3 is 25.5 Å². The number of carbonyl (C=O) groups excluding carboxylic acids is 1. The van der Waals surface area contributed by atoms with Gasteiger partial charge in [0.1, 0.15) is 5.82 Å². The molecule has 0 atom stereocenters. The molecule has 0 radical (unpaired) electrons. The second-order valence-corrected chi connectivity index (χ2v) is 8.71. The number of primary amides is 1. The lowest BCUT2D eigenvalue weighted by Crippen LogP contribution is -2.46. The summed E-state index contributed by atoms with van der Waals surface area (Å²) in [5, 5.41) is 3.20. The molecule has 184 valence electrons. The van der Waals surface area contributed by atoms with Crippen LogP contribution in [-0.2, 0) is 20.8 Å². The number of hydrogen-bond donors (Lipinski definition) is 3. The molecule has 0 saturated carbocycles. The Bertz CT molecular complexity index is 1350. The molecule has 0 spiro atoms. The number of nitrogens with zero attached hydrogens (tertiary/aromatic N) is 4. The third-order valence-electron chi connectivity index (χ3n) is 5.88. The van der Waals surface area contributed by atoms with Crippen molar-refractivity contribution in [2.75, 3.05) is 18.5 Å².